The maximum absolute atomic E-state index is 13.7. The van der Waals surface area contributed by atoms with Crippen molar-refractivity contribution < 1.29 is 26.4 Å². The molecule has 0 unspecified atom stereocenters. The molecule has 152 valence electrons. The number of carbonyl (C=O) groups is 1. The SMILES string of the molecule is CCCN(CC(=O)Nc1ccc(F)c(F)c1F)S(=O)(=O)c1cccc(Cl)c1Cl. The number of hydrogen-bond donors (Lipinski definition) is 1. The number of amides is 1. The van der Waals surface area contributed by atoms with Crippen LogP contribution in [0.3, 0.4) is 0 Å². The third-order valence-corrected chi connectivity index (χ3v) is 6.45. The van der Waals surface area contributed by atoms with E-state index in [-0.39, 0.29) is 21.5 Å². The van der Waals surface area contributed by atoms with Crippen molar-refractivity contribution in [2.24, 2.45) is 0 Å². The Bertz CT molecular complexity index is 1000. The van der Waals surface area contributed by atoms with Crippen molar-refractivity contribution in [3.8, 4) is 0 Å². The molecule has 28 heavy (non-hydrogen) atoms. The molecule has 0 fully saturated rings. The van der Waals surface area contributed by atoms with Gasteiger partial charge in [-0.05, 0) is 30.7 Å². The molecule has 0 saturated carbocycles. The predicted molar refractivity (Wildman–Crippen MR) is 100 cm³/mol. The number of nitrogens with zero attached hydrogens (tertiary/aromatic N) is 1. The molecule has 0 aromatic heterocycles. The Morgan fingerprint density at radius 2 is 1.79 bits per heavy atom. The molecule has 0 heterocycles. The number of rotatable bonds is 7. The molecule has 2 rings (SSSR count). The highest BCUT2D eigenvalue weighted by molar-refractivity contribution is 7.89. The zero-order valence-corrected chi connectivity index (χ0v) is 16.8. The van der Waals surface area contributed by atoms with E-state index in [0.29, 0.717) is 12.5 Å². The summed E-state index contributed by atoms with van der Waals surface area (Å²) in [4.78, 5) is 11.9. The monoisotopic (exact) mass is 454 g/mol. The van der Waals surface area contributed by atoms with Crippen molar-refractivity contribution in [2.75, 3.05) is 18.4 Å². The minimum Gasteiger partial charge on any atom is -0.322 e. The fourth-order valence-electron chi connectivity index (χ4n) is 2.33. The molecule has 2 aromatic rings. The molecular formula is C17H15Cl2F3N2O3S. The second-order valence-corrected chi connectivity index (χ2v) is 8.35. The third-order valence-electron chi connectivity index (χ3n) is 3.64. The summed E-state index contributed by atoms with van der Waals surface area (Å²) < 4.78 is 66.5. The summed E-state index contributed by atoms with van der Waals surface area (Å²) in [5.74, 6) is -5.70. The van der Waals surface area contributed by atoms with Gasteiger partial charge < -0.3 is 5.32 Å². The molecule has 0 aliphatic rings. The van der Waals surface area contributed by atoms with E-state index >= 15 is 0 Å². The first-order chi connectivity index (χ1) is 13.1. The average Bonchev–Trinajstić information content (AvgIpc) is 2.64. The van der Waals surface area contributed by atoms with Crippen LogP contribution in [0.1, 0.15) is 13.3 Å². The van der Waals surface area contributed by atoms with Crippen molar-refractivity contribution in [1.29, 1.82) is 0 Å². The van der Waals surface area contributed by atoms with Crippen LogP contribution in [0.15, 0.2) is 35.2 Å². The summed E-state index contributed by atoms with van der Waals surface area (Å²) in [7, 11) is -4.20. The van der Waals surface area contributed by atoms with Crippen LogP contribution in [-0.2, 0) is 14.8 Å². The number of nitrogens with one attached hydrogen (secondary N) is 1. The van der Waals surface area contributed by atoms with Crippen LogP contribution < -0.4 is 5.32 Å². The average molecular weight is 455 g/mol. The van der Waals surface area contributed by atoms with E-state index < -0.39 is 45.6 Å². The van der Waals surface area contributed by atoms with E-state index in [1.54, 1.807) is 6.92 Å². The first kappa shape index (κ1) is 22.5. The second kappa shape index (κ2) is 9.13. The number of sulfonamides is 1. The van der Waals surface area contributed by atoms with Gasteiger partial charge in [0.1, 0.15) is 4.90 Å². The molecule has 0 spiro atoms. The first-order valence-corrected chi connectivity index (χ1v) is 10.2. The van der Waals surface area contributed by atoms with Gasteiger partial charge in [0.15, 0.2) is 17.5 Å². The largest absolute Gasteiger partial charge is 0.322 e. The van der Waals surface area contributed by atoms with Crippen LogP contribution >= 0.6 is 23.2 Å². The number of benzene rings is 2. The summed E-state index contributed by atoms with van der Waals surface area (Å²) >= 11 is 11.8. The van der Waals surface area contributed by atoms with Gasteiger partial charge in [0, 0.05) is 6.54 Å². The number of halogens is 5. The predicted octanol–water partition coefficient (Wildman–Crippen LogP) is 4.45. The van der Waals surface area contributed by atoms with Crippen molar-refractivity contribution in [3.05, 3.63) is 57.8 Å². The third kappa shape index (κ3) is 4.78. The zero-order valence-electron chi connectivity index (χ0n) is 14.5. The van der Waals surface area contributed by atoms with Crippen LogP contribution in [-0.4, -0.2) is 31.7 Å². The quantitative estimate of drug-likeness (QED) is 0.628. The molecular weight excluding hydrogens is 440 g/mol. The van der Waals surface area contributed by atoms with Gasteiger partial charge in [-0.15, -0.1) is 0 Å². The van der Waals surface area contributed by atoms with Gasteiger partial charge in [0.25, 0.3) is 0 Å². The van der Waals surface area contributed by atoms with E-state index in [0.717, 1.165) is 10.4 Å². The Morgan fingerprint density at radius 1 is 1.11 bits per heavy atom. The van der Waals surface area contributed by atoms with E-state index in [2.05, 4.69) is 0 Å². The summed E-state index contributed by atoms with van der Waals surface area (Å²) in [5, 5.41) is 1.85. The Kier molecular flexibility index (Phi) is 7.33. The minimum atomic E-state index is -4.20. The van der Waals surface area contributed by atoms with Crippen LogP contribution in [0.5, 0.6) is 0 Å². The smallest absolute Gasteiger partial charge is 0.245 e. The lowest BCUT2D eigenvalue weighted by Crippen LogP contribution is -2.38. The van der Waals surface area contributed by atoms with Gasteiger partial charge in [-0.3, -0.25) is 4.79 Å². The fraction of sp³-hybridized carbons (Fsp3) is 0.235. The van der Waals surface area contributed by atoms with Gasteiger partial charge in [-0.1, -0.05) is 36.2 Å². The molecule has 11 heteroatoms. The molecule has 0 aliphatic heterocycles. The second-order valence-electron chi connectivity index (χ2n) is 5.66. The van der Waals surface area contributed by atoms with Crippen molar-refractivity contribution in [1.82, 2.24) is 4.31 Å². The van der Waals surface area contributed by atoms with E-state index in [1.165, 1.54) is 18.2 Å². The Labute approximate surface area is 170 Å². The standard InChI is InChI=1S/C17H15Cl2F3N2O3S/c1-2-8-24(28(26,27)13-5-3-4-10(18)15(13)19)9-14(25)23-12-7-6-11(20)16(21)17(12)22/h3-7H,2,8-9H2,1H3,(H,23,25). The maximum atomic E-state index is 13.7. The van der Waals surface area contributed by atoms with Crippen LogP contribution in [0.4, 0.5) is 18.9 Å². The fourth-order valence-corrected chi connectivity index (χ4v) is 4.55. The lowest BCUT2D eigenvalue weighted by molar-refractivity contribution is -0.116. The number of carbonyl (C=O) groups excluding carboxylic acids is 1. The lowest BCUT2D eigenvalue weighted by atomic mass is 10.2. The topological polar surface area (TPSA) is 66.5 Å². The normalized spacial score (nSPS) is 11.7. The van der Waals surface area contributed by atoms with E-state index in [9.17, 15) is 26.4 Å². The first-order valence-electron chi connectivity index (χ1n) is 7.97. The molecule has 5 nitrogen and oxygen atoms in total. The highest BCUT2D eigenvalue weighted by Gasteiger charge is 2.29. The van der Waals surface area contributed by atoms with E-state index in [1.807, 2.05) is 5.32 Å². The van der Waals surface area contributed by atoms with Crippen LogP contribution in [0.25, 0.3) is 0 Å². The molecule has 0 radical (unpaired) electrons. The van der Waals surface area contributed by atoms with Gasteiger partial charge in [-0.2, -0.15) is 4.31 Å². The van der Waals surface area contributed by atoms with Crippen LogP contribution in [0, 0.1) is 17.5 Å². The molecule has 0 bridgehead atoms. The lowest BCUT2D eigenvalue weighted by Gasteiger charge is -2.22. The molecule has 1 N–H and O–H groups in total. The van der Waals surface area contributed by atoms with Crippen molar-refractivity contribution in [3.63, 3.8) is 0 Å². The maximum Gasteiger partial charge on any atom is 0.245 e. The summed E-state index contributed by atoms with van der Waals surface area (Å²) in [5.41, 5.74) is -0.612. The van der Waals surface area contributed by atoms with Gasteiger partial charge >= 0.3 is 0 Å². The van der Waals surface area contributed by atoms with Crippen molar-refractivity contribution >= 4 is 44.8 Å². The molecule has 2 aromatic carbocycles. The van der Waals surface area contributed by atoms with Gasteiger partial charge in [0.05, 0.1) is 22.3 Å². The Balaban J connectivity index is 2.28. The Morgan fingerprint density at radius 3 is 2.43 bits per heavy atom. The Hall–Kier alpha value is -1.81. The summed E-state index contributed by atoms with van der Waals surface area (Å²) in [6, 6.07) is 5.51. The minimum absolute atomic E-state index is 0.0208. The number of anilines is 1. The molecule has 0 saturated heterocycles. The summed E-state index contributed by atoms with van der Waals surface area (Å²) in [6.45, 7) is 0.950. The van der Waals surface area contributed by atoms with Gasteiger partial charge in [0.2, 0.25) is 15.9 Å². The highest BCUT2D eigenvalue weighted by atomic mass is 35.5. The van der Waals surface area contributed by atoms with Crippen molar-refractivity contribution in [2.45, 2.75) is 18.2 Å². The summed E-state index contributed by atoms with van der Waals surface area (Å²) in [6.07, 6.45) is 0.365. The van der Waals surface area contributed by atoms with Gasteiger partial charge in [-0.25, -0.2) is 21.6 Å². The van der Waals surface area contributed by atoms with Crippen LogP contribution in [0.2, 0.25) is 10.0 Å². The molecule has 1 amide bonds. The molecule has 0 atom stereocenters. The number of hydrogen-bond acceptors (Lipinski definition) is 3. The van der Waals surface area contributed by atoms with E-state index in [4.69, 9.17) is 23.2 Å². The zero-order chi connectivity index (χ0) is 21.1. The molecule has 0 aliphatic carbocycles. The highest BCUT2D eigenvalue weighted by Crippen LogP contribution is 2.31.